The molecule has 0 aliphatic heterocycles. The monoisotopic (exact) mass is 224 g/mol. The summed E-state index contributed by atoms with van der Waals surface area (Å²) >= 11 is 0. The van der Waals surface area contributed by atoms with E-state index in [0.29, 0.717) is 12.3 Å². The largest absolute Gasteiger partial charge is 0.444 e. The van der Waals surface area contributed by atoms with E-state index in [9.17, 15) is 4.79 Å². The van der Waals surface area contributed by atoms with E-state index in [2.05, 4.69) is 11.4 Å². The van der Waals surface area contributed by atoms with E-state index in [-0.39, 0.29) is 12.1 Å². The fraction of sp³-hybridized carbons (Fsp3) is 0.833. The van der Waals surface area contributed by atoms with Crippen LogP contribution in [0.2, 0.25) is 0 Å². The highest BCUT2D eigenvalue weighted by molar-refractivity contribution is 5.68. The van der Waals surface area contributed by atoms with Crippen molar-refractivity contribution in [3.8, 4) is 6.07 Å². The van der Waals surface area contributed by atoms with Crippen LogP contribution in [0.4, 0.5) is 4.79 Å². The highest BCUT2D eigenvalue weighted by Gasteiger charge is 2.27. The number of ether oxygens (including phenoxy) is 1. The molecule has 0 aromatic heterocycles. The molecule has 16 heavy (non-hydrogen) atoms. The van der Waals surface area contributed by atoms with Gasteiger partial charge in [-0.3, -0.25) is 0 Å². The van der Waals surface area contributed by atoms with Crippen molar-refractivity contribution in [2.45, 2.75) is 58.1 Å². The minimum atomic E-state index is -0.450. The van der Waals surface area contributed by atoms with Crippen molar-refractivity contribution >= 4 is 6.09 Å². The van der Waals surface area contributed by atoms with Gasteiger partial charge in [-0.25, -0.2) is 4.79 Å². The third-order valence-corrected chi connectivity index (χ3v) is 2.64. The van der Waals surface area contributed by atoms with E-state index in [1.165, 1.54) is 0 Å². The predicted octanol–water partition coefficient (Wildman–Crippen LogP) is 2.59. The molecule has 0 heterocycles. The summed E-state index contributed by atoms with van der Waals surface area (Å²) in [5.74, 6) is 0.435. The third kappa shape index (κ3) is 4.52. The van der Waals surface area contributed by atoms with E-state index in [4.69, 9.17) is 10.00 Å². The molecule has 1 fully saturated rings. The quantitative estimate of drug-likeness (QED) is 0.784. The summed E-state index contributed by atoms with van der Waals surface area (Å²) in [6, 6.07) is 2.35. The molecule has 0 aromatic carbocycles. The molecular formula is C12H20N2O2. The average molecular weight is 224 g/mol. The van der Waals surface area contributed by atoms with Gasteiger partial charge in [-0.15, -0.1) is 0 Å². The van der Waals surface area contributed by atoms with Gasteiger partial charge in [-0.05, 0) is 46.0 Å². The Labute approximate surface area is 97.0 Å². The second-order valence-electron chi connectivity index (χ2n) is 5.38. The van der Waals surface area contributed by atoms with Crippen LogP contribution in [-0.2, 0) is 4.74 Å². The van der Waals surface area contributed by atoms with Gasteiger partial charge in [-0.1, -0.05) is 0 Å². The summed E-state index contributed by atoms with van der Waals surface area (Å²) in [6.07, 6.45) is 3.11. The SMILES string of the molecule is CC(C)(C)OC(=O)NC1CC[C@H](CC#N)C1. The average Bonchev–Trinajstić information content (AvgIpc) is 2.49. The summed E-state index contributed by atoms with van der Waals surface area (Å²) in [4.78, 5) is 11.5. The molecule has 4 nitrogen and oxygen atoms in total. The Bertz CT molecular complexity index is 288. The molecule has 90 valence electrons. The van der Waals surface area contributed by atoms with Gasteiger partial charge in [0.1, 0.15) is 5.60 Å². The number of nitrogens with one attached hydrogen (secondary N) is 1. The molecule has 1 N–H and O–H groups in total. The highest BCUT2D eigenvalue weighted by atomic mass is 16.6. The zero-order valence-corrected chi connectivity index (χ0v) is 10.2. The molecule has 1 saturated carbocycles. The molecule has 0 radical (unpaired) electrons. The molecule has 0 bridgehead atoms. The van der Waals surface area contributed by atoms with Gasteiger partial charge in [0, 0.05) is 12.5 Å². The van der Waals surface area contributed by atoms with Gasteiger partial charge in [0.25, 0.3) is 0 Å². The zero-order chi connectivity index (χ0) is 12.2. The van der Waals surface area contributed by atoms with E-state index < -0.39 is 5.60 Å². The highest BCUT2D eigenvalue weighted by Crippen LogP contribution is 2.27. The van der Waals surface area contributed by atoms with Crippen molar-refractivity contribution < 1.29 is 9.53 Å². The van der Waals surface area contributed by atoms with E-state index in [0.717, 1.165) is 19.3 Å². The number of nitriles is 1. The number of nitrogens with zero attached hydrogens (tertiary/aromatic N) is 1. The van der Waals surface area contributed by atoms with Crippen molar-refractivity contribution in [3.63, 3.8) is 0 Å². The maximum absolute atomic E-state index is 11.5. The maximum Gasteiger partial charge on any atom is 0.407 e. The number of carbonyl (C=O) groups excluding carboxylic acids is 1. The third-order valence-electron chi connectivity index (χ3n) is 2.64. The predicted molar refractivity (Wildman–Crippen MR) is 60.7 cm³/mol. The Morgan fingerprint density at radius 3 is 2.75 bits per heavy atom. The number of hydrogen-bond donors (Lipinski definition) is 1. The van der Waals surface area contributed by atoms with Gasteiger partial charge < -0.3 is 10.1 Å². The Morgan fingerprint density at radius 1 is 1.50 bits per heavy atom. The van der Waals surface area contributed by atoms with Crippen LogP contribution in [0.25, 0.3) is 0 Å². The lowest BCUT2D eigenvalue weighted by atomic mass is 10.1. The van der Waals surface area contributed by atoms with Crippen LogP contribution < -0.4 is 5.32 Å². The van der Waals surface area contributed by atoms with Crippen LogP contribution >= 0.6 is 0 Å². The molecule has 1 aliphatic rings. The van der Waals surface area contributed by atoms with Crippen molar-refractivity contribution in [2.75, 3.05) is 0 Å². The van der Waals surface area contributed by atoms with E-state index in [1.54, 1.807) is 0 Å². The van der Waals surface area contributed by atoms with Crippen LogP contribution in [0.5, 0.6) is 0 Å². The number of alkyl carbamates (subject to hydrolysis) is 1. The van der Waals surface area contributed by atoms with Gasteiger partial charge in [-0.2, -0.15) is 5.26 Å². The second-order valence-corrected chi connectivity index (χ2v) is 5.38. The Morgan fingerprint density at radius 2 is 2.19 bits per heavy atom. The molecule has 1 rings (SSSR count). The molecular weight excluding hydrogens is 204 g/mol. The Hall–Kier alpha value is -1.24. The van der Waals surface area contributed by atoms with Crippen molar-refractivity contribution in [2.24, 2.45) is 5.92 Å². The summed E-state index contributed by atoms with van der Waals surface area (Å²) in [7, 11) is 0. The topological polar surface area (TPSA) is 62.1 Å². The second kappa shape index (κ2) is 5.20. The van der Waals surface area contributed by atoms with Gasteiger partial charge >= 0.3 is 6.09 Å². The van der Waals surface area contributed by atoms with Crippen molar-refractivity contribution in [3.05, 3.63) is 0 Å². The normalized spacial score (nSPS) is 24.9. The fourth-order valence-electron chi connectivity index (χ4n) is 1.99. The van der Waals surface area contributed by atoms with Crippen molar-refractivity contribution in [1.29, 1.82) is 5.26 Å². The fourth-order valence-corrected chi connectivity index (χ4v) is 1.99. The molecule has 1 amide bonds. The van der Waals surface area contributed by atoms with Crippen LogP contribution in [0, 0.1) is 17.2 Å². The molecule has 0 aromatic rings. The van der Waals surface area contributed by atoms with Gasteiger partial charge in [0.15, 0.2) is 0 Å². The summed E-state index contributed by atoms with van der Waals surface area (Å²) < 4.78 is 5.18. The first-order valence-corrected chi connectivity index (χ1v) is 5.77. The number of carbonyl (C=O) groups is 1. The molecule has 1 aliphatic carbocycles. The first kappa shape index (κ1) is 12.8. The van der Waals surface area contributed by atoms with Crippen LogP contribution in [0.1, 0.15) is 46.5 Å². The molecule has 0 saturated heterocycles. The minimum Gasteiger partial charge on any atom is -0.444 e. The molecule has 4 heteroatoms. The summed E-state index contributed by atoms with van der Waals surface area (Å²) in [6.45, 7) is 5.54. The molecule has 2 atom stereocenters. The van der Waals surface area contributed by atoms with Gasteiger partial charge in [0.05, 0.1) is 6.07 Å². The summed E-state index contributed by atoms with van der Waals surface area (Å²) in [5.41, 5.74) is -0.450. The minimum absolute atomic E-state index is 0.174. The Balaban J connectivity index is 2.29. The lowest BCUT2D eigenvalue weighted by Gasteiger charge is -2.21. The maximum atomic E-state index is 11.5. The lowest BCUT2D eigenvalue weighted by Crippen LogP contribution is -2.37. The first-order valence-electron chi connectivity index (χ1n) is 5.77. The molecule has 1 unspecified atom stereocenters. The van der Waals surface area contributed by atoms with Crippen LogP contribution in [-0.4, -0.2) is 17.7 Å². The summed E-state index contributed by atoms with van der Waals surface area (Å²) in [5, 5.41) is 11.4. The van der Waals surface area contributed by atoms with E-state index >= 15 is 0 Å². The van der Waals surface area contributed by atoms with Crippen LogP contribution in [0.3, 0.4) is 0 Å². The first-order chi connectivity index (χ1) is 7.40. The number of rotatable bonds is 2. The van der Waals surface area contributed by atoms with Crippen molar-refractivity contribution in [1.82, 2.24) is 5.32 Å². The molecule has 0 spiro atoms. The van der Waals surface area contributed by atoms with Gasteiger partial charge in [0.2, 0.25) is 0 Å². The lowest BCUT2D eigenvalue weighted by molar-refractivity contribution is 0.0504. The smallest absolute Gasteiger partial charge is 0.407 e. The Kier molecular flexibility index (Phi) is 4.17. The van der Waals surface area contributed by atoms with Crippen LogP contribution in [0.15, 0.2) is 0 Å². The number of hydrogen-bond acceptors (Lipinski definition) is 3. The standard InChI is InChI=1S/C12H20N2O2/c1-12(2,3)16-11(15)14-10-5-4-9(8-10)6-7-13/h9-10H,4-6,8H2,1-3H3,(H,14,15)/t9-,10?/m1/s1. The zero-order valence-electron chi connectivity index (χ0n) is 10.2. The van der Waals surface area contributed by atoms with E-state index in [1.807, 2.05) is 20.8 Å². The number of amides is 1.